The van der Waals surface area contributed by atoms with Crippen molar-refractivity contribution >= 4 is 62.3 Å². The van der Waals surface area contributed by atoms with Crippen molar-refractivity contribution in [1.82, 2.24) is 5.32 Å². The monoisotopic (exact) mass is 503 g/mol. The molecule has 0 unspecified atom stereocenters. The van der Waals surface area contributed by atoms with Gasteiger partial charge in [-0.1, -0.05) is 18.2 Å². The van der Waals surface area contributed by atoms with Crippen LogP contribution in [0.15, 0.2) is 56.8 Å². The highest BCUT2D eigenvalue weighted by Crippen LogP contribution is 2.38. The Balaban J connectivity index is 1.71. The third-order valence-corrected chi connectivity index (χ3v) is 5.35. The number of amides is 3. The van der Waals surface area contributed by atoms with Crippen LogP contribution in [-0.2, 0) is 14.4 Å². The van der Waals surface area contributed by atoms with Gasteiger partial charge in [-0.3, -0.25) is 14.4 Å². The molecule has 2 aromatic carbocycles. The molecule has 0 radical (unpaired) electrons. The van der Waals surface area contributed by atoms with Crippen LogP contribution < -0.4 is 20.1 Å². The molecule has 160 valence electrons. The van der Waals surface area contributed by atoms with Crippen LogP contribution in [0.5, 0.6) is 11.5 Å². The molecule has 0 atom stereocenters. The predicted molar refractivity (Wildman–Crippen MR) is 123 cm³/mol. The van der Waals surface area contributed by atoms with Gasteiger partial charge in [-0.05, 0) is 63.6 Å². The van der Waals surface area contributed by atoms with Gasteiger partial charge < -0.3 is 20.1 Å². The quantitative estimate of drug-likeness (QED) is 0.583. The molecule has 1 heterocycles. The molecule has 0 fully saturated rings. The second kappa shape index (κ2) is 10.3. The molecule has 2 N–H and O–H groups in total. The number of methoxy groups -OCH3 is 1. The number of halogens is 1. The van der Waals surface area contributed by atoms with Gasteiger partial charge in [0.15, 0.2) is 23.3 Å². The van der Waals surface area contributed by atoms with Gasteiger partial charge in [0.2, 0.25) is 5.91 Å². The van der Waals surface area contributed by atoms with Gasteiger partial charge in [0.1, 0.15) is 0 Å². The molecule has 10 heteroatoms. The summed E-state index contributed by atoms with van der Waals surface area (Å²) in [6.45, 7) is 1.13. The van der Waals surface area contributed by atoms with Crippen molar-refractivity contribution in [2.75, 3.05) is 19.0 Å². The molecule has 0 saturated carbocycles. The largest absolute Gasteiger partial charge is 0.493 e. The van der Waals surface area contributed by atoms with Crippen molar-refractivity contribution in [3.8, 4) is 11.5 Å². The molecule has 0 saturated heterocycles. The first-order valence-electron chi connectivity index (χ1n) is 9.01. The molecule has 1 aliphatic heterocycles. The van der Waals surface area contributed by atoms with Gasteiger partial charge in [-0.2, -0.15) is 4.99 Å². The number of rotatable bonds is 6. The van der Waals surface area contributed by atoms with E-state index in [1.54, 1.807) is 30.3 Å². The Morgan fingerprint density at radius 1 is 1.19 bits per heavy atom. The van der Waals surface area contributed by atoms with Crippen molar-refractivity contribution in [3.63, 3.8) is 0 Å². The molecule has 2 aromatic rings. The van der Waals surface area contributed by atoms with Crippen molar-refractivity contribution < 1.29 is 23.9 Å². The van der Waals surface area contributed by atoms with Gasteiger partial charge in [-0.15, -0.1) is 0 Å². The molecule has 0 aromatic heterocycles. The molecule has 31 heavy (non-hydrogen) atoms. The van der Waals surface area contributed by atoms with Crippen LogP contribution >= 0.6 is 27.7 Å². The topological polar surface area (TPSA) is 106 Å². The number of para-hydroxylation sites is 1. The van der Waals surface area contributed by atoms with E-state index < -0.39 is 5.91 Å². The number of amidine groups is 1. The number of benzene rings is 2. The summed E-state index contributed by atoms with van der Waals surface area (Å²) in [7, 11) is 1.48. The summed E-state index contributed by atoms with van der Waals surface area (Å²) in [4.78, 5) is 39.5. The maximum atomic E-state index is 12.2. The molecule has 0 aliphatic carbocycles. The van der Waals surface area contributed by atoms with E-state index in [9.17, 15) is 14.4 Å². The predicted octanol–water partition coefficient (Wildman–Crippen LogP) is 3.58. The van der Waals surface area contributed by atoms with Crippen LogP contribution in [0.2, 0.25) is 0 Å². The highest BCUT2D eigenvalue weighted by molar-refractivity contribution is 9.10. The average Bonchev–Trinajstić information content (AvgIpc) is 3.05. The zero-order chi connectivity index (χ0) is 22.4. The van der Waals surface area contributed by atoms with E-state index >= 15 is 0 Å². The number of carbonyl (C=O) groups excluding carboxylic acids is 3. The number of hydrogen-bond donors (Lipinski definition) is 2. The third kappa shape index (κ3) is 6.19. The van der Waals surface area contributed by atoms with Crippen molar-refractivity contribution in [2.45, 2.75) is 6.92 Å². The summed E-state index contributed by atoms with van der Waals surface area (Å²) in [6.07, 6.45) is 1.63. The lowest BCUT2D eigenvalue weighted by Crippen LogP contribution is -2.23. The average molecular weight is 504 g/mol. The van der Waals surface area contributed by atoms with Gasteiger partial charge in [0.05, 0.1) is 16.5 Å². The molecule has 0 bridgehead atoms. The Hall–Kier alpha value is -3.11. The number of nitrogens with one attached hydrogen (secondary N) is 2. The molecule has 3 amide bonds. The smallest absolute Gasteiger partial charge is 0.286 e. The molecular formula is C21H18BrN3O5S. The van der Waals surface area contributed by atoms with Gasteiger partial charge in [0.25, 0.3) is 11.8 Å². The summed E-state index contributed by atoms with van der Waals surface area (Å²) in [5, 5.41) is 5.47. The first-order chi connectivity index (χ1) is 14.9. The third-order valence-electron chi connectivity index (χ3n) is 3.86. The number of hydrogen-bond acceptors (Lipinski definition) is 6. The van der Waals surface area contributed by atoms with Crippen LogP contribution in [0.3, 0.4) is 0 Å². The maximum absolute atomic E-state index is 12.2. The highest BCUT2D eigenvalue weighted by Gasteiger charge is 2.23. The highest BCUT2D eigenvalue weighted by atomic mass is 79.9. The van der Waals surface area contributed by atoms with Crippen LogP contribution in [0.1, 0.15) is 12.5 Å². The molecule has 3 rings (SSSR count). The Kier molecular flexibility index (Phi) is 7.48. The van der Waals surface area contributed by atoms with Crippen molar-refractivity contribution in [2.24, 2.45) is 4.99 Å². The Morgan fingerprint density at radius 2 is 1.94 bits per heavy atom. The Bertz CT molecular complexity index is 1090. The zero-order valence-corrected chi connectivity index (χ0v) is 19.0. The summed E-state index contributed by atoms with van der Waals surface area (Å²) in [5.74, 6) is -0.327. The first kappa shape index (κ1) is 22.6. The van der Waals surface area contributed by atoms with Gasteiger partial charge in [-0.25, -0.2) is 0 Å². The van der Waals surface area contributed by atoms with E-state index in [0.29, 0.717) is 32.1 Å². The van der Waals surface area contributed by atoms with E-state index in [4.69, 9.17) is 9.47 Å². The fourth-order valence-corrected chi connectivity index (χ4v) is 4.02. The van der Waals surface area contributed by atoms with Crippen LogP contribution in [0.25, 0.3) is 6.08 Å². The number of anilines is 1. The molecular weight excluding hydrogens is 486 g/mol. The molecule has 8 nitrogen and oxygen atoms in total. The SMILES string of the molecule is COc1cc(/C=C2\SC(NC(C)=O)=NC2=O)cc(Br)c1OCC(=O)Nc1ccccc1. The summed E-state index contributed by atoms with van der Waals surface area (Å²) < 4.78 is 11.6. The van der Waals surface area contributed by atoms with E-state index in [2.05, 4.69) is 31.6 Å². The minimum atomic E-state index is -0.443. The minimum Gasteiger partial charge on any atom is -0.493 e. The number of carbonyl (C=O) groups is 3. The number of ether oxygens (including phenoxy) is 2. The number of nitrogens with zero attached hydrogens (tertiary/aromatic N) is 1. The Morgan fingerprint density at radius 3 is 2.61 bits per heavy atom. The van der Waals surface area contributed by atoms with Crippen LogP contribution in [-0.4, -0.2) is 36.6 Å². The second-order valence-electron chi connectivity index (χ2n) is 6.25. The van der Waals surface area contributed by atoms with Crippen molar-refractivity contribution in [3.05, 3.63) is 57.4 Å². The first-order valence-corrected chi connectivity index (χ1v) is 10.6. The lowest BCUT2D eigenvalue weighted by Gasteiger charge is -2.14. The zero-order valence-electron chi connectivity index (χ0n) is 16.6. The van der Waals surface area contributed by atoms with Gasteiger partial charge >= 0.3 is 0 Å². The summed E-state index contributed by atoms with van der Waals surface area (Å²) >= 11 is 4.49. The van der Waals surface area contributed by atoms with E-state index in [1.165, 1.54) is 14.0 Å². The fraction of sp³-hybridized carbons (Fsp3) is 0.143. The van der Waals surface area contributed by atoms with E-state index in [-0.39, 0.29) is 23.6 Å². The van der Waals surface area contributed by atoms with Crippen molar-refractivity contribution in [1.29, 1.82) is 0 Å². The normalized spacial score (nSPS) is 14.2. The summed E-state index contributed by atoms with van der Waals surface area (Å²) in [6, 6.07) is 12.5. The lowest BCUT2D eigenvalue weighted by molar-refractivity contribution is -0.118. The van der Waals surface area contributed by atoms with Crippen LogP contribution in [0.4, 0.5) is 5.69 Å². The maximum Gasteiger partial charge on any atom is 0.286 e. The van der Waals surface area contributed by atoms with Crippen LogP contribution in [0, 0.1) is 0 Å². The second-order valence-corrected chi connectivity index (χ2v) is 8.14. The lowest BCUT2D eigenvalue weighted by atomic mass is 10.2. The van der Waals surface area contributed by atoms with E-state index in [1.807, 2.05) is 18.2 Å². The molecule has 0 spiro atoms. The number of thioether (sulfide) groups is 1. The number of aliphatic imine (C=N–C) groups is 1. The molecule has 1 aliphatic rings. The van der Waals surface area contributed by atoms with E-state index in [0.717, 1.165) is 11.8 Å². The minimum absolute atomic E-state index is 0.216. The Labute approximate surface area is 191 Å². The summed E-state index contributed by atoms with van der Waals surface area (Å²) in [5.41, 5.74) is 1.32. The standard InChI is InChI=1S/C21H18BrN3O5S/c1-12(26)23-21-25-20(28)17(31-21)10-13-8-15(22)19(16(9-13)29-2)30-11-18(27)24-14-6-4-3-5-7-14/h3-10H,11H2,1-2H3,(H,24,27)(H,23,25,26,28)/b17-10-. The fourth-order valence-electron chi connectivity index (χ4n) is 2.58. The van der Waals surface area contributed by atoms with Gasteiger partial charge in [0, 0.05) is 12.6 Å².